The zero-order chi connectivity index (χ0) is 18.3. The van der Waals surface area contributed by atoms with Gasteiger partial charge >= 0.3 is 0 Å². The Morgan fingerprint density at radius 3 is 2.77 bits per heavy atom. The highest BCUT2D eigenvalue weighted by molar-refractivity contribution is 7.89. The first-order valence-electron chi connectivity index (χ1n) is 7.67. The fraction of sp³-hybridized carbons (Fsp3) is 0.200. The molecule has 11 heteroatoms. The summed E-state index contributed by atoms with van der Waals surface area (Å²) in [4.78, 5) is 4.05. The lowest BCUT2D eigenvalue weighted by atomic mass is 10.2. The molecule has 0 aliphatic heterocycles. The van der Waals surface area contributed by atoms with E-state index in [1.54, 1.807) is 40.5 Å². The summed E-state index contributed by atoms with van der Waals surface area (Å²) in [5.41, 5.74) is 2.30. The standard InChI is InChI=1S/C15H15N7O2S2/c1-10-17-15(8-21(10)2)26(23,24)16-7-14-19-18-13-4-3-12(20-22(13)14)11-5-6-25-9-11/h3-6,8-9,16H,7H2,1-2H3. The molecule has 0 amide bonds. The normalized spacial score (nSPS) is 12.1. The van der Waals surface area contributed by atoms with E-state index in [0.717, 1.165) is 11.3 Å². The molecule has 0 atom stereocenters. The molecule has 4 heterocycles. The summed E-state index contributed by atoms with van der Waals surface area (Å²) in [5, 5.41) is 16.5. The van der Waals surface area contributed by atoms with Crippen molar-refractivity contribution in [1.82, 2.24) is 34.1 Å². The van der Waals surface area contributed by atoms with Crippen LogP contribution in [-0.2, 0) is 23.6 Å². The number of hydrogen-bond acceptors (Lipinski definition) is 7. The van der Waals surface area contributed by atoms with Crippen molar-refractivity contribution < 1.29 is 8.42 Å². The zero-order valence-corrected chi connectivity index (χ0v) is 15.6. The highest BCUT2D eigenvalue weighted by Crippen LogP contribution is 2.20. The number of aromatic nitrogens is 6. The highest BCUT2D eigenvalue weighted by atomic mass is 32.2. The molecular formula is C15H15N7O2S2. The van der Waals surface area contributed by atoms with Gasteiger partial charge in [-0.15, -0.1) is 10.2 Å². The third-order valence-electron chi connectivity index (χ3n) is 3.93. The molecule has 26 heavy (non-hydrogen) atoms. The van der Waals surface area contributed by atoms with Gasteiger partial charge in [0.05, 0.1) is 12.2 Å². The Morgan fingerprint density at radius 2 is 2.08 bits per heavy atom. The van der Waals surface area contributed by atoms with Crippen LogP contribution in [0.4, 0.5) is 0 Å². The molecule has 0 radical (unpaired) electrons. The van der Waals surface area contributed by atoms with Gasteiger partial charge in [-0.1, -0.05) is 0 Å². The van der Waals surface area contributed by atoms with Crippen molar-refractivity contribution in [3.63, 3.8) is 0 Å². The van der Waals surface area contributed by atoms with Gasteiger partial charge in [-0.3, -0.25) is 0 Å². The quantitative estimate of drug-likeness (QED) is 0.552. The Hall–Kier alpha value is -2.63. The second kappa shape index (κ2) is 6.27. The predicted molar refractivity (Wildman–Crippen MR) is 96.1 cm³/mol. The van der Waals surface area contributed by atoms with E-state index in [0.29, 0.717) is 17.3 Å². The van der Waals surface area contributed by atoms with Gasteiger partial charge in [0.2, 0.25) is 0 Å². The van der Waals surface area contributed by atoms with E-state index in [1.165, 1.54) is 6.20 Å². The lowest BCUT2D eigenvalue weighted by Crippen LogP contribution is -2.25. The Balaban J connectivity index is 1.62. The molecule has 4 rings (SSSR count). The molecule has 0 spiro atoms. The van der Waals surface area contributed by atoms with Gasteiger partial charge < -0.3 is 4.57 Å². The molecule has 0 bridgehead atoms. The van der Waals surface area contributed by atoms with E-state index < -0.39 is 10.0 Å². The topological polar surface area (TPSA) is 107 Å². The monoisotopic (exact) mass is 389 g/mol. The van der Waals surface area contributed by atoms with Crippen LogP contribution < -0.4 is 4.72 Å². The van der Waals surface area contributed by atoms with Gasteiger partial charge in [0.25, 0.3) is 10.0 Å². The van der Waals surface area contributed by atoms with Crippen molar-refractivity contribution in [1.29, 1.82) is 0 Å². The summed E-state index contributed by atoms with van der Waals surface area (Å²) in [6.45, 7) is 1.69. The maximum absolute atomic E-state index is 12.4. The first-order chi connectivity index (χ1) is 12.4. The third kappa shape index (κ3) is 3.00. The number of fused-ring (bicyclic) bond motifs is 1. The number of nitrogens with one attached hydrogen (secondary N) is 1. The Kier molecular flexibility index (Phi) is 4.05. The van der Waals surface area contributed by atoms with Crippen LogP contribution in [0.2, 0.25) is 0 Å². The fourth-order valence-electron chi connectivity index (χ4n) is 2.40. The molecule has 0 aromatic carbocycles. The Labute approximate surface area is 153 Å². The molecule has 0 fully saturated rings. The number of nitrogens with zero attached hydrogens (tertiary/aromatic N) is 6. The van der Waals surface area contributed by atoms with Crippen LogP contribution in [0.3, 0.4) is 0 Å². The van der Waals surface area contributed by atoms with E-state index in [2.05, 4.69) is 25.0 Å². The van der Waals surface area contributed by atoms with E-state index in [-0.39, 0.29) is 11.6 Å². The minimum absolute atomic E-state index is 0.0294. The summed E-state index contributed by atoms with van der Waals surface area (Å²) in [5.74, 6) is 1.01. The lowest BCUT2D eigenvalue weighted by molar-refractivity contribution is 0.574. The molecule has 4 aromatic heterocycles. The highest BCUT2D eigenvalue weighted by Gasteiger charge is 2.20. The van der Waals surface area contributed by atoms with E-state index in [4.69, 9.17) is 0 Å². The molecule has 134 valence electrons. The maximum Gasteiger partial charge on any atom is 0.260 e. The minimum Gasteiger partial charge on any atom is -0.337 e. The molecule has 1 N–H and O–H groups in total. The smallest absolute Gasteiger partial charge is 0.260 e. The number of sulfonamides is 1. The van der Waals surface area contributed by atoms with Crippen molar-refractivity contribution in [3.8, 4) is 11.3 Å². The Bertz CT molecular complexity index is 1160. The molecular weight excluding hydrogens is 374 g/mol. The van der Waals surface area contributed by atoms with Crippen LogP contribution in [0.1, 0.15) is 11.6 Å². The number of thiophene rings is 1. The predicted octanol–water partition coefficient (Wildman–Crippen LogP) is 1.37. The van der Waals surface area contributed by atoms with Crippen molar-refractivity contribution in [2.24, 2.45) is 7.05 Å². The second-order valence-electron chi connectivity index (χ2n) is 5.68. The average Bonchev–Trinajstić information content (AvgIpc) is 3.34. The van der Waals surface area contributed by atoms with Gasteiger partial charge in [0.15, 0.2) is 16.5 Å². The minimum atomic E-state index is -3.75. The summed E-state index contributed by atoms with van der Waals surface area (Å²) in [6, 6.07) is 5.62. The molecule has 0 aliphatic carbocycles. The molecule has 0 saturated carbocycles. The van der Waals surface area contributed by atoms with E-state index in [1.807, 2.05) is 22.9 Å². The first kappa shape index (κ1) is 16.8. The fourth-order valence-corrected chi connectivity index (χ4v) is 4.06. The summed E-state index contributed by atoms with van der Waals surface area (Å²) < 4.78 is 30.5. The maximum atomic E-state index is 12.4. The Morgan fingerprint density at radius 1 is 1.23 bits per heavy atom. The molecule has 9 nitrogen and oxygen atoms in total. The SMILES string of the molecule is Cc1nc(S(=O)(=O)NCc2nnc3ccc(-c4ccsc4)nn23)cn1C. The van der Waals surface area contributed by atoms with Crippen LogP contribution >= 0.6 is 11.3 Å². The van der Waals surface area contributed by atoms with Crippen molar-refractivity contribution in [2.45, 2.75) is 18.5 Å². The summed E-state index contributed by atoms with van der Waals surface area (Å²) in [6.07, 6.45) is 1.46. The van der Waals surface area contributed by atoms with Crippen LogP contribution in [0, 0.1) is 6.92 Å². The van der Waals surface area contributed by atoms with Gasteiger partial charge in [-0.05, 0) is 30.5 Å². The summed E-state index contributed by atoms with van der Waals surface area (Å²) in [7, 11) is -2.01. The second-order valence-corrected chi connectivity index (χ2v) is 8.17. The van der Waals surface area contributed by atoms with Gasteiger partial charge in [0, 0.05) is 24.2 Å². The van der Waals surface area contributed by atoms with Crippen LogP contribution in [0.15, 0.2) is 40.2 Å². The van der Waals surface area contributed by atoms with Crippen LogP contribution in [0.5, 0.6) is 0 Å². The number of hydrogen-bond donors (Lipinski definition) is 1. The molecule has 0 saturated heterocycles. The number of rotatable bonds is 5. The number of aryl methyl sites for hydroxylation is 2. The third-order valence-corrected chi connectivity index (χ3v) is 5.88. The molecule has 0 aliphatic rings. The lowest BCUT2D eigenvalue weighted by Gasteiger charge is -2.04. The van der Waals surface area contributed by atoms with Crippen molar-refractivity contribution in [2.75, 3.05) is 0 Å². The largest absolute Gasteiger partial charge is 0.337 e. The first-order valence-corrected chi connectivity index (χ1v) is 10.1. The van der Waals surface area contributed by atoms with Crippen LogP contribution in [0.25, 0.3) is 16.9 Å². The van der Waals surface area contributed by atoms with Gasteiger partial charge in [0.1, 0.15) is 5.82 Å². The molecule has 0 unspecified atom stereocenters. The average molecular weight is 389 g/mol. The summed E-state index contributed by atoms with van der Waals surface area (Å²) >= 11 is 1.58. The van der Waals surface area contributed by atoms with Gasteiger partial charge in [-0.2, -0.15) is 21.0 Å². The van der Waals surface area contributed by atoms with E-state index in [9.17, 15) is 8.42 Å². The zero-order valence-electron chi connectivity index (χ0n) is 14.0. The van der Waals surface area contributed by atoms with Crippen LogP contribution in [-0.4, -0.2) is 37.8 Å². The molecule has 4 aromatic rings. The van der Waals surface area contributed by atoms with Crippen molar-refractivity contribution >= 4 is 27.0 Å². The van der Waals surface area contributed by atoms with Crippen molar-refractivity contribution in [3.05, 3.63) is 46.8 Å². The van der Waals surface area contributed by atoms with Gasteiger partial charge in [-0.25, -0.2) is 18.1 Å². The number of imidazole rings is 1. The van der Waals surface area contributed by atoms with E-state index >= 15 is 0 Å².